The second-order valence-electron chi connectivity index (χ2n) is 6.19. The minimum absolute atomic E-state index is 0.0776. The number of amides is 2. The van der Waals surface area contributed by atoms with Gasteiger partial charge in [-0.05, 0) is 44.4 Å². The number of ether oxygens (including phenoxy) is 1. The number of halogens is 1. The van der Waals surface area contributed by atoms with Crippen LogP contribution in [0.15, 0.2) is 24.3 Å². The Morgan fingerprint density at radius 3 is 2.96 bits per heavy atom. The second kappa shape index (κ2) is 8.24. The first-order valence-electron chi connectivity index (χ1n) is 8.38. The molecular formula is C18H25FN2O3. The van der Waals surface area contributed by atoms with Crippen molar-refractivity contribution in [3.63, 3.8) is 0 Å². The molecule has 0 spiro atoms. The summed E-state index contributed by atoms with van der Waals surface area (Å²) >= 11 is 0. The lowest BCUT2D eigenvalue weighted by molar-refractivity contribution is -0.141. The van der Waals surface area contributed by atoms with Crippen LogP contribution in [-0.2, 0) is 20.9 Å². The van der Waals surface area contributed by atoms with E-state index in [1.807, 2.05) is 6.92 Å². The van der Waals surface area contributed by atoms with Crippen LogP contribution >= 0.6 is 0 Å². The summed E-state index contributed by atoms with van der Waals surface area (Å²) < 4.78 is 18.6. The first kappa shape index (κ1) is 18.4. The predicted octanol–water partition coefficient (Wildman–Crippen LogP) is 2.25. The van der Waals surface area contributed by atoms with E-state index in [-0.39, 0.29) is 24.2 Å². The van der Waals surface area contributed by atoms with Crippen LogP contribution in [0.4, 0.5) is 4.39 Å². The van der Waals surface area contributed by atoms with Gasteiger partial charge in [-0.25, -0.2) is 4.39 Å². The zero-order valence-corrected chi connectivity index (χ0v) is 14.3. The Balaban J connectivity index is 2.00. The summed E-state index contributed by atoms with van der Waals surface area (Å²) in [6.45, 7) is 5.69. The second-order valence-corrected chi connectivity index (χ2v) is 6.19. The molecule has 0 saturated carbocycles. The van der Waals surface area contributed by atoms with Crippen molar-refractivity contribution in [1.29, 1.82) is 0 Å². The fraction of sp³-hybridized carbons (Fsp3) is 0.556. The van der Waals surface area contributed by atoms with Gasteiger partial charge in [-0.3, -0.25) is 9.59 Å². The molecular weight excluding hydrogens is 311 g/mol. The van der Waals surface area contributed by atoms with E-state index in [9.17, 15) is 14.0 Å². The van der Waals surface area contributed by atoms with Crippen LogP contribution in [0.1, 0.15) is 38.7 Å². The average molecular weight is 336 g/mol. The van der Waals surface area contributed by atoms with E-state index in [0.717, 1.165) is 6.42 Å². The molecule has 1 atom stereocenters. The van der Waals surface area contributed by atoms with E-state index in [0.29, 0.717) is 38.2 Å². The molecule has 1 fully saturated rings. The molecule has 5 nitrogen and oxygen atoms in total. The van der Waals surface area contributed by atoms with Gasteiger partial charge in [0.2, 0.25) is 11.8 Å². The smallest absolute Gasteiger partial charge is 0.245 e. The fourth-order valence-corrected chi connectivity index (χ4v) is 2.92. The molecule has 0 bridgehead atoms. The van der Waals surface area contributed by atoms with Gasteiger partial charge in [0.15, 0.2) is 0 Å². The molecule has 1 N–H and O–H groups in total. The van der Waals surface area contributed by atoms with Crippen molar-refractivity contribution in [1.82, 2.24) is 10.2 Å². The van der Waals surface area contributed by atoms with Gasteiger partial charge in [0.1, 0.15) is 11.4 Å². The van der Waals surface area contributed by atoms with Crippen molar-refractivity contribution in [2.24, 2.45) is 0 Å². The number of carbonyl (C=O) groups is 2. The van der Waals surface area contributed by atoms with Crippen molar-refractivity contribution in [2.45, 2.75) is 45.2 Å². The van der Waals surface area contributed by atoms with E-state index in [1.54, 1.807) is 24.0 Å². The largest absolute Gasteiger partial charge is 0.382 e. The van der Waals surface area contributed by atoms with E-state index >= 15 is 0 Å². The fourth-order valence-electron chi connectivity index (χ4n) is 2.92. The number of hydrogen-bond acceptors (Lipinski definition) is 3. The Morgan fingerprint density at radius 2 is 2.25 bits per heavy atom. The lowest BCUT2D eigenvalue weighted by Gasteiger charge is -2.34. The van der Waals surface area contributed by atoms with Crippen molar-refractivity contribution in [3.8, 4) is 0 Å². The Morgan fingerprint density at radius 1 is 1.46 bits per heavy atom. The van der Waals surface area contributed by atoms with Crippen LogP contribution in [0.3, 0.4) is 0 Å². The first-order valence-corrected chi connectivity index (χ1v) is 8.38. The average Bonchev–Trinajstić information content (AvgIpc) is 2.84. The van der Waals surface area contributed by atoms with Crippen LogP contribution in [-0.4, -0.2) is 42.0 Å². The lowest BCUT2D eigenvalue weighted by atomic mass is 9.97. The van der Waals surface area contributed by atoms with E-state index in [4.69, 9.17) is 4.74 Å². The van der Waals surface area contributed by atoms with Crippen LogP contribution in [0, 0.1) is 5.82 Å². The molecule has 0 radical (unpaired) electrons. The minimum Gasteiger partial charge on any atom is -0.382 e. The molecule has 6 heteroatoms. The number of hydrogen-bond donors (Lipinski definition) is 1. The van der Waals surface area contributed by atoms with Gasteiger partial charge < -0.3 is 15.0 Å². The quantitative estimate of drug-likeness (QED) is 0.741. The number of carbonyl (C=O) groups excluding carboxylic acids is 2. The van der Waals surface area contributed by atoms with Gasteiger partial charge in [0, 0.05) is 32.7 Å². The maximum Gasteiger partial charge on any atom is 0.245 e. The summed E-state index contributed by atoms with van der Waals surface area (Å²) in [6, 6.07) is 6.12. The van der Waals surface area contributed by atoms with Crippen molar-refractivity contribution < 1.29 is 18.7 Å². The molecule has 0 unspecified atom stereocenters. The van der Waals surface area contributed by atoms with Gasteiger partial charge in [-0.2, -0.15) is 0 Å². The van der Waals surface area contributed by atoms with Gasteiger partial charge >= 0.3 is 0 Å². The number of nitrogens with zero attached hydrogens (tertiary/aromatic N) is 1. The molecule has 24 heavy (non-hydrogen) atoms. The third-order valence-corrected chi connectivity index (χ3v) is 4.40. The Kier molecular flexibility index (Phi) is 6.31. The molecule has 2 amide bonds. The Labute approximate surface area is 142 Å². The highest BCUT2D eigenvalue weighted by molar-refractivity contribution is 5.94. The minimum atomic E-state index is -0.894. The van der Waals surface area contributed by atoms with Crippen molar-refractivity contribution >= 4 is 11.8 Å². The van der Waals surface area contributed by atoms with Gasteiger partial charge in [0.25, 0.3) is 0 Å². The molecule has 1 aromatic rings. The van der Waals surface area contributed by atoms with Crippen molar-refractivity contribution in [3.05, 3.63) is 35.6 Å². The molecule has 1 saturated heterocycles. The third-order valence-electron chi connectivity index (χ3n) is 4.40. The van der Waals surface area contributed by atoms with Crippen LogP contribution in [0.25, 0.3) is 0 Å². The summed E-state index contributed by atoms with van der Waals surface area (Å²) in [5, 5.41) is 2.88. The number of nitrogens with one attached hydrogen (secondary N) is 1. The van der Waals surface area contributed by atoms with Crippen LogP contribution in [0.2, 0.25) is 0 Å². The Hall–Kier alpha value is -1.95. The summed E-state index contributed by atoms with van der Waals surface area (Å²) in [6.07, 6.45) is 1.53. The lowest BCUT2D eigenvalue weighted by Crippen LogP contribution is -2.54. The van der Waals surface area contributed by atoms with Gasteiger partial charge in [-0.1, -0.05) is 12.1 Å². The van der Waals surface area contributed by atoms with E-state index in [1.165, 1.54) is 12.1 Å². The highest BCUT2D eigenvalue weighted by atomic mass is 19.1. The molecule has 1 aliphatic rings. The summed E-state index contributed by atoms with van der Waals surface area (Å²) in [5.74, 6) is -0.589. The van der Waals surface area contributed by atoms with Crippen LogP contribution < -0.4 is 5.32 Å². The van der Waals surface area contributed by atoms with Crippen LogP contribution in [0.5, 0.6) is 0 Å². The molecule has 0 aliphatic carbocycles. The van der Waals surface area contributed by atoms with E-state index in [2.05, 4.69) is 5.32 Å². The summed E-state index contributed by atoms with van der Waals surface area (Å²) in [4.78, 5) is 26.4. The number of rotatable bonds is 8. The molecule has 1 aliphatic heterocycles. The summed E-state index contributed by atoms with van der Waals surface area (Å²) in [7, 11) is 0. The highest BCUT2D eigenvalue weighted by Gasteiger charge is 2.46. The molecule has 1 aromatic carbocycles. The van der Waals surface area contributed by atoms with Crippen molar-refractivity contribution in [2.75, 3.05) is 19.8 Å². The maximum atomic E-state index is 13.4. The topological polar surface area (TPSA) is 58.6 Å². The first-order chi connectivity index (χ1) is 11.5. The third kappa shape index (κ3) is 4.32. The summed E-state index contributed by atoms with van der Waals surface area (Å²) in [5.41, 5.74) is -0.213. The SMILES string of the molecule is CCOCCCNC(=O)[C@@]1(C)CCC(=O)N1Cc1cccc(F)c1. The Bertz CT molecular complexity index is 593. The highest BCUT2D eigenvalue weighted by Crippen LogP contribution is 2.32. The number of likely N-dealkylation sites (tertiary alicyclic amines) is 1. The molecule has 132 valence electrons. The van der Waals surface area contributed by atoms with E-state index < -0.39 is 5.54 Å². The maximum absolute atomic E-state index is 13.4. The molecule has 0 aromatic heterocycles. The zero-order valence-electron chi connectivity index (χ0n) is 14.3. The molecule has 2 rings (SSSR count). The normalized spacial score (nSPS) is 20.5. The standard InChI is InChI=1S/C18H25FN2O3/c1-3-24-11-5-10-20-17(23)18(2)9-8-16(22)21(18)13-14-6-4-7-15(19)12-14/h4,6-7,12H,3,5,8-11,13H2,1-2H3,(H,20,23)/t18-/m1/s1. The van der Waals surface area contributed by atoms with Gasteiger partial charge in [-0.15, -0.1) is 0 Å². The zero-order chi connectivity index (χ0) is 17.6. The monoisotopic (exact) mass is 336 g/mol. The number of benzene rings is 1. The predicted molar refractivity (Wildman–Crippen MR) is 88.7 cm³/mol. The van der Waals surface area contributed by atoms with Gasteiger partial charge in [0.05, 0.1) is 0 Å². The molecule has 1 heterocycles.